The van der Waals surface area contributed by atoms with E-state index in [-0.39, 0.29) is 11.5 Å². The summed E-state index contributed by atoms with van der Waals surface area (Å²) in [5.41, 5.74) is 9.13. The maximum absolute atomic E-state index is 6.37. The van der Waals surface area contributed by atoms with Gasteiger partial charge in [0.2, 0.25) is 0 Å². The number of rotatable bonds is 3. The molecular weight excluding hydrogens is 250 g/mol. The molecule has 0 amide bonds. The van der Waals surface area contributed by atoms with Crippen LogP contribution in [0.3, 0.4) is 0 Å². The summed E-state index contributed by atoms with van der Waals surface area (Å²) in [5, 5.41) is 0. The van der Waals surface area contributed by atoms with E-state index in [9.17, 15) is 0 Å². The first-order valence-electron chi connectivity index (χ1n) is 6.86. The molecule has 0 aliphatic carbocycles. The van der Waals surface area contributed by atoms with Crippen LogP contribution in [0.1, 0.15) is 54.6 Å². The minimum Gasteiger partial charge on any atom is -0.320 e. The van der Waals surface area contributed by atoms with Gasteiger partial charge in [-0.25, -0.2) is 0 Å². The Morgan fingerprint density at radius 2 is 1.68 bits per heavy atom. The van der Waals surface area contributed by atoms with Crippen molar-refractivity contribution in [2.45, 2.75) is 45.6 Å². The summed E-state index contributed by atoms with van der Waals surface area (Å²) in [5.74, 6) is 0. The molecule has 1 aromatic heterocycles. The van der Waals surface area contributed by atoms with E-state index < -0.39 is 0 Å². The number of nitrogens with two attached hydrogens (primary N) is 1. The third kappa shape index (κ3) is 3.26. The van der Waals surface area contributed by atoms with Crippen molar-refractivity contribution in [3.8, 4) is 0 Å². The van der Waals surface area contributed by atoms with Gasteiger partial charge < -0.3 is 5.73 Å². The van der Waals surface area contributed by atoms with Crippen LogP contribution in [-0.2, 0) is 11.8 Å². The molecule has 1 aromatic carbocycles. The summed E-state index contributed by atoms with van der Waals surface area (Å²) in [7, 11) is 0. The average molecular weight is 273 g/mol. The van der Waals surface area contributed by atoms with Crippen LogP contribution in [0.2, 0.25) is 0 Å². The molecule has 0 aliphatic heterocycles. The van der Waals surface area contributed by atoms with E-state index in [1.807, 2.05) is 11.3 Å². The Labute approximate surface area is 120 Å². The van der Waals surface area contributed by atoms with Gasteiger partial charge in [-0.05, 0) is 35.1 Å². The molecule has 2 rings (SSSR count). The lowest BCUT2D eigenvalue weighted by atomic mass is 9.95. The van der Waals surface area contributed by atoms with Crippen LogP contribution in [0.4, 0.5) is 0 Å². The second kappa shape index (κ2) is 5.48. The number of benzene rings is 1. The monoisotopic (exact) mass is 273 g/mol. The Morgan fingerprint density at radius 3 is 2.16 bits per heavy atom. The zero-order valence-electron chi connectivity index (χ0n) is 12.2. The molecule has 102 valence electrons. The van der Waals surface area contributed by atoms with Crippen molar-refractivity contribution < 1.29 is 0 Å². The molecule has 0 radical (unpaired) electrons. The van der Waals surface area contributed by atoms with Gasteiger partial charge in [-0.3, -0.25) is 0 Å². The third-order valence-electron chi connectivity index (χ3n) is 3.42. The molecule has 19 heavy (non-hydrogen) atoms. The predicted molar refractivity (Wildman–Crippen MR) is 84.9 cm³/mol. The molecular formula is C17H23NS. The molecule has 0 bridgehead atoms. The minimum absolute atomic E-state index is 0.00740. The fourth-order valence-corrected chi connectivity index (χ4v) is 3.14. The van der Waals surface area contributed by atoms with Crippen LogP contribution in [0.5, 0.6) is 0 Å². The molecule has 0 spiro atoms. The summed E-state index contributed by atoms with van der Waals surface area (Å²) < 4.78 is 0. The van der Waals surface area contributed by atoms with E-state index in [1.165, 1.54) is 20.9 Å². The molecule has 1 unspecified atom stereocenters. The van der Waals surface area contributed by atoms with Crippen LogP contribution in [-0.4, -0.2) is 0 Å². The summed E-state index contributed by atoms with van der Waals surface area (Å²) in [6.07, 6.45) is 1.07. The lowest BCUT2D eigenvalue weighted by Gasteiger charge is -2.16. The maximum atomic E-state index is 6.37. The Kier molecular flexibility index (Phi) is 4.12. The summed E-state index contributed by atoms with van der Waals surface area (Å²) in [6.45, 7) is 8.89. The highest BCUT2D eigenvalue weighted by Crippen LogP contribution is 2.33. The van der Waals surface area contributed by atoms with E-state index in [2.05, 4.69) is 64.1 Å². The minimum atomic E-state index is -0.00740. The van der Waals surface area contributed by atoms with E-state index in [0.717, 1.165) is 6.42 Å². The molecule has 2 N–H and O–H groups in total. The van der Waals surface area contributed by atoms with Gasteiger partial charge in [0.1, 0.15) is 0 Å². The molecule has 0 fully saturated rings. The van der Waals surface area contributed by atoms with E-state index >= 15 is 0 Å². The standard InChI is InChI=1S/C17H23NS/c1-5-12-6-8-13(9-7-12)16(18)14-10-11-15(19-14)17(2,3)4/h6-11,16H,5,18H2,1-4H3. The van der Waals surface area contributed by atoms with Gasteiger partial charge in [0.15, 0.2) is 0 Å². The first kappa shape index (κ1) is 14.3. The van der Waals surface area contributed by atoms with E-state index in [0.29, 0.717) is 0 Å². The molecule has 0 aliphatic rings. The van der Waals surface area contributed by atoms with Crippen molar-refractivity contribution >= 4 is 11.3 Å². The van der Waals surface area contributed by atoms with Crippen molar-refractivity contribution in [3.05, 3.63) is 57.3 Å². The van der Waals surface area contributed by atoms with Crippen LogP contribution < -0.4 is 5.73 Å². The molecule has 2 aromatic rings. The largest absolute Gasteiger partial charge is 0.320 e. The van der Waals surface area contributed by atoms with Gasteiger partial charge in [0.25, 0.3) is 0 Å². The van der Waals surface area contributed by atoms with Crippen molar-refractivity contribution in [3.63, 3.8) is 0 Å². The van der Waals surface area contributed by atoms with Crippen molar-refractivity contribution in [1.29, 1.82) is 0 Å². The molecule has 2 heteroatoms. The van der Waals surface area contributed by atoms with E-state index in [4.69, 9.17) is 5.73 Å². The first-order chi connectivity index (χ1) is 8.91. The second-order valence-electron chi connectivity index (χ2n) is 6.02. The van der Waals surface area contributed by atoms with Crippen LogP contribution >= 0.6 is 11.3 Å². The van der Waals surface area contributed by atoms with Crippen LogP contribution in [0, 0.1) is 0 Å². The highest BCUT2D eigenvalue weighted by molar-refractivity contribution is 7.12. The topological polar surface area (TPSA) is 26.0 Å². The predicted octanol–water partition coefficient (Wildman–Crippen LogP) is 4.66. The third-order valence-corrected chi connectivity index (χ3v) is 5.01. The van der Waals surface area contributed by atoms with Crippen LogP contribution in [0.25, 0.3) is 0 Å². The SMILES string of the molecule is CCc1ccc(C(N)c2ccc(C(C)(C)C)s2)cc1. The molecule has 0 saturated carbocycles. The van der Waals surface area contributed by atoms with Crippen molar-refractivity contribution in [2.24, 2.45) is 5.73 Å². The maximum Gasteiger partial charge on any atom is 0.0646 e. The van der Waals surface area contributed by atoms with Gasteiger partial charge >= 0.3 is 0 Å². The first-order valence-corrected chi connectivity index (χ1v) is 7.68. The van der Waals surface area contributed by atoms with Gasteiger partial charge in [-0.1, -0.05) is 52.0 Å². The zero-order valence-corrected chi connectivity index (χ0v) is 13.1. The summed E-state index contributed by atoms with van der Waals surface area (Å²) >= 11 is 1.83. The smallest absolute Gasteiger partial charge is 0.0646 e. The zero-order chi connectivity index (χ0) is 14.0. The van der Waals surface area contributed by atoms with Crippen LogP contribution in [0.15, 0.2) is 36.4 Å². The average Bonchev–Trinajstić information content (AvgIpc) is 2.87. The second-order valence-corrected chi connectivity index (χ2v) is 7.14. The van der Waals surface area contributed by atoms with E-state index in [1.54, 1.807) is 0 Å². The molecule has 1 heterocycles. The normalized spacial score (nSPS) is 13.5. The molecule has 1 nitrogen and oxygen atoms in total. The van der Waals surface area contributed by atoms with Crippen molar-refractivity contribution in [2.75, 3.05) is 0 Å². The van der Waals surface area contributed by atoms with Gasteiger partial charge in [0.05, 0.1) is 6.04 Å². The number of thiophene rings is 1. The highest BCUT2D eigenvalue weighted by Gasteiger charge is 2.18. The van der Waals surface area contributed by atoms with Gasteiger partial charge in [0, 0.05) is 9.75 Å². The highest BCUT2D eigenvalue weighted by atomic mass is 32.1. The molecule has 0 saturated heterocycles. The number of hydrogen-bond donors (Lipinski definition) is 1. The summed E-state index contributed by atoms with van der Waals surface area (Å²) in [4.78, 5) is 2.64. The lowest BCUT2D eigenvalue weighted by molar-refractivity contribution is 0.604. The lowest BCUT2D eigenvalue weighted by Crippen LogP contribution is -2.10. The van der Waals surface area contributed by atoms with Gasteiger partial charge in [-0.15, -0.1) is 11.3 Å². The van der Waals surface area contributed by atoms with Gasteiger partial charge in [-0.2, -0.15) is 0 Å². The molecule has 1 atom stereocenters. The number of hydrogen-bond acceptors (Lipinski definition) is 2. The Hall–Kier alpha value is -1.12. The quantitative estimate of drug-likeness (QED) is 0.865. The van der Waals surface area contributed by atoms with Crippen molar-refractivity contribution in [1.82, 2.24) is 0 Å². The Morgan fingerprint density at radius 1 is 1.05 bits per heavy atom. The number of aryl methyl sites for hydroxylation is 1. The fourth-order valence-electron chi connectivity index (χ4n) is 2.05. The Balaban J connectivity index is 2.23. The fraction of sp³-hybridized carbons (Fsp3) is 0.412. The summed E-state index contributed by atoms with van der Waals surface area (Å²) in [6, 6.07) is 13.0. The Bertz CT molecular complexity index is 531.